The lowest BCUT2D eigenvalue weighted by Crippen LogP contribution is -2.49. The highest BCUT2D eigenvalue weighted by molar-refractivity contribution is 7.22. The fourth-order valence-corrected chi connectivity index (χ4v) is 4.52. The molecule has 0 aliphatic carbocycles. The van der Waals surface area contributed by atoms with Crippen molar-refractivity contribution in [3.63, 3.8) is 0 Å². The van der Waals surface area contributed by atoms with Gasteiger partial charge in [0.05, 0.1) is 12.1 Å². The number of hydrogen-bond donors (Lipinski definition) is 2. The molecule has 1 aromatic carbocycles. The average molecular weight is 469 g/mol. The summed E-state index contributed by atoms with van der Waals surface area (Å²) in [6.45, 7) is 2.87. The minimum absolute atomic E-state index is 0.0376. The topological polar surface area (TPSA) is 104 Å². The van der Waals surface area contributed by atoms with Crippen LogP contribution in [0, 0.1) is 0 Å². The number of aromatic hydroxyl groups is 1. The Hall–Kier alpha value is -2.40. The van der Waals surface area contributed by atoms with Crippen LogP contribution in [0.4, 0.5) is 9.93 Å². The molecule has 0 atom stereocenters. The Morgan fingerprint density at radius 3 is 2.77 bits per heavy atom. The van der Waals surface area contributed by atoms with Crippen molar-refractivity contribution >= 4 is 56.0 Å². The van der Waals surface area contributed by atoms with Crippen LogP contribution in [0.15, 0.2) is 18.5 Å². The Bertz CT molecular complexity index is 1090. The van der Waals surface area contributed by atoms with Gasteiger partial charge < -0.3 is 14.7 Å². The molecule has 12 heteroatoms. The number of nitrogens with one attached hydrogen (secondary N) is 1. The summed E-state index contributed by atoms with van der Waals surface area (Å²) in [5.74, 6) is 0.408. The van der Waals surface area contributed by atoms with E-state index < -0.39 is 0 Å². The van der Waals surface area contributed by atoms with Crippen LogP contribution < -0.4 is 10.1 Å². The van der Waals surface area contributed by atoms with Gasteiger partial charge in [0.15, 0.2) is 15.5 Å². The number of phenols is 1. The summed E-state index contributed by atoms with van der Waals surface area (Å²) >= 11 is 13.3. The Morgan fingerprint density at radius 1 is 1.27 bits per heavy atom. The Balaban J connectivity index is 1.36. The van der Waals surface area contributed by atoms with Crippen molar-refractivity contribution in [2.45, 2.75) is 6.54 Å². The van der Waals surface area contributed by atoms with Crippen LogP contribution >= 0.6 is 34.5 Å². The minimum atomic E-state index is -0.228. The van der Waals surface area contributed by atoms with Crippen LogP contribution in [0.1, 0.15) is 5.56 Å². The third-order valence-corrected chi connectivity index (χ3v) is 6.11. The van der Waals surface area contributed by atoms with Crippen molar-refractivity contribution in [2.24, 2.45) is 0 Å². The van der Waals surface area contributed by atoms with Crippen molar-refractivity contribution in [3.8, 4) is 11.6 Å². The van der Waals surface area contributed by atoms with Crippen LogP contribution in [0.2, 0.25) is 10.0 Å². The van der Waals surface area contributed by atoms with Gasteiger partial charge in [-0.1, -0.05) is 34.5 Å². The van der Waals surface area contributed by atoms with Crippen molar-refractivity contribution in [2.75, 3.05) is 38.6 Å². The van der Waals surface area contributed by atoms with Gasteiger partial charge in [-0.3, -0.25) is 10.2 Å². The summed E-state index contributed by atoms with van der Waals surface area (Å²) in [5, 5.41) is 14.1. The van der Waals surface area contributed by atoms with Gasteiger partial charge in [-0.2, -0.15) is 4.98 Å². The highest BCUT2D eigenvalue weighted by Crippen LogP contribution is 2.32. The van der Waals surface area contributed by atoms with E-state index in [9.17, 15) is 9.90 Å². The quantitative estimate of drug-likeness (QED) is 0.603. The summed E-state index contributed by atoms with van der Waals surface area (Å²) < 4.78 is 5.18. The van der Waals surface area contributed by atoms with E-state index in [0.29, 0.717) is 64.7 Å². The van der Waals surface area contributed by atoms with E-state index in [2.05, 4.69) is 25.2 Å². The third kappa shape index (κ3) is 4.36. The number of phenolic OH excluding ortho intramolecular Hbond substituents is 1. The molecule has 9 nitrogen and oxygen atoms in total. The largest absolute Gasteiger partial charge is 0.506 e. The van der Waals surface area contributed by atoms with E-state index in [0.717, 1.165) is 0 Å². The molecular formula is C18H18Cl2N6O3S. The van der Waals surface area contributed by atoms with E-state index >= 15 is 0 Å². The number of fused-ring (bicyclic) bond motifs is 1. The zero-order chi connectivity index (χ0) is 21.3. The standard InChI is InChI=1S/C18H18Cl2N6O3S/c1-29-15-13-16(22-9-21-15)30-17(23-13)24-18(28)26-4-2-25(3-5-26)8-10-6-11(19)7-12(20)14(10)27/h6-7,9,27H,2-5,8H2,1H3,(H,23,24,28). The first-order chi connectivity index (χ1) is 14.4. The number of carbonyl (C=O) groups is 1. The summed E-state index contributed by atoms with van der Waals surface area (Å²) in [5.41, 5.74) is 1.18. The predicted molar refractivity (Wildman–Crippen MR) is 116 cm³/mol. The first-order valence-corrected chi connectivity index (χ1v) is 10.6. The molecular weight excluding hydrogens is 451 g/mol. The van der Waals surface area contributed by atoms with E-state index in [1.807, 2.05) is 0 Å². The second-order valence-electron chi connectivity index (χ2n) is 6.64. The Morgan fingerprint density at radius 2 is 2.03 bits per heavy atom. The Labute approximate surface area is 186 Å². The predicted octanol–water partition coefficient (Wildman–Crippen LogP) is 3.46. The number of amides is 2. The summed E-state index contributed by atoms with van der Waals surface area (Å²) in [6.07, 6.45) is 1.40. The minimum Gasteiger partial charge on any atom is -0.506 e. The van der Waals surface area contributed by atoms with Gasteiger partial charge in [0, 0.05) is 43.3 Å². The molecule has 0 saturated carbocycles. The number of piperazine rings is 1. The van der Waals surface area contributed by atoms with E-state index in [1.54, 1.807) is 11.0 Å². The molecule has 2 N–H and O–H groups in total. The van der Waals surface area contributed by atoms with E-state index in [4.69, 9.17) is 27.9 Å². The second kappa shape index (κ2) is 8.76. The van der Waals surface area contributed by atoms with Gasteiger partial charge in [0.25, 0.3) is 0 Å². The molecule has 4 rings (SSSR count). The maximum Gasteiger partial charge on any atom is 0.323 e. The molecule has 3 heterocycles. The number of carbonyl (C=O) groups excluding carboxylic acids is 1. The maximum atomic E-state index is 12.6. The zero-order valence-corrected chi connectivity index (χ0v) is 18.3. The smallest absolute Gasteiger partial charge is 0.323 e. The summed E-state index contributed by atoms with van der Waals surface area (Å²) in [7, 11) is 1.51. The van der Waals surface area contributed by atoms with Crippen molar-refractivity contribution < 1.29 is 14.6 Å². The first kappa shape index (κ1) is 20.9. The molecule has 158 valence electrons. The fraction of sp³-hybridized carbons (Fsp3) is 0.333. The number of rotatable bonds is 4. The number of urea groups is 1. The number of benzene rings is 1. The highest BCUT2D eigenvalue weighted by atomic mass is 35.5. The van der Waals surface area contributed by atoms with E-state index in [1.165, 1.54) is 30.8 Å². The third-order valence-electron chi connectivity index (χ3n) is 4.73. The van der Waals surface area contributed by atoms with Gasteiger partial charge in [-0.05, 0) is 12.1 Å². The molecule has 1 aliphatic heterocycles. The molecule has 3 aromatic rings. The lowest BCUT2D eigenvalue weighted by molar-refractivity contribution is 0.142. The second-order valence-corrected chi connectivity index (χ2v) is 8.47. The molecule has 0 bridgehead atoms. The van der Waals surface area contributed by atoms with Gasteiger partial charge >= 0.3 is 6.03 Å². The Kier molecular flexibility index (Phi) is 6.09. The van der Waals surface area contributed by atoms with Gasteiger partial charge in [-0.15, -0.1) is 0 Å². The van der Waals surface area contributed by atoms with Crippen LogP contribution in [0.25, 0.3) is 10.3 Å². The summed E-state index contributed by atoms with van der Waals surface area (Å²) in [4.78, 5) is 29.6. The average Bonchev–Trinajstić information content (AvgIpc) is 3.14. The van der Waals surface area contributed by atoms with Crippen LogP contribution in [0.3, 0.4) is 0 Å². The molecule has 0 unspecified atom stereocenters. The normalized spacial score (nSPS) is 14.8. The number of halogens is 2. The van der Waals surface area contributed by atoms with Gasteiger partial charge in [0.1, 0.15) is 12.1 Å². The molecule has 0 radical (unpaired) electrons. The highest BCUT2D eigenvalue weighted by Gasteiger charge is 2.23. The number of methoxy groups -OCH3 is 1. The fourth-order valence-electron chi connectivity index (χ4n) is 3.20. The molecule has 1 aliphatic rings. The van der Waals surface area contributed by atoms with Crippen LogP contribution in [0.5, 0.6) is 11.6 Å². The molecule has 2 amide bonds. The lowest BCUT2D eigenvalue weighted by Gasteiger charge is -2.34. The van der Waals surface area contributed by atoms with Crippen LogP contribution in [-0.2, 0) is 6.54 Å². The summed E-state index contributed by atoms with van der Waals surface area (Å²) in [6, 6.07) is 2.98. The molecule has 0 spiro atoms. The molecule has 1 fully saturated rings. The number of hydrogen-bond acceptors (Lipinski definition) is 8. The SMILES string of the molecule is COc1ncnc2sc(NC(=O)N3CCN(Cc4cc(Cl)cc(Cl)c4O)CC3)nc12. The number of aromatic nitrogens is 3. The first-order valence-electron chi connectivity index (χ1n) is 9.05. The van der Waals surface area contributed by atoms with Crippen molar-refractivity contribution in [1.29, 1.82) is 0 Å². The van der Waals surface area contributed by atoms with Crippen LogP contribution in [-0.4, -0.2) is 69.2 Å². The molecule has 2 aromatic heterocycles. The molecule has 30 heavy (non-hydrogen) atoms. The van der Waals surface area contributed by atoms with Gasteiger partial charge in [-0.25, -0.2) is 14.8 Å². The molecule has 1 saturated heterocycles. The number of nitrogens with zero attached hydrogens (tertiary/aromatic N) is 5. The maximum absolute atomic E-state index is 12.6. The zero-order valence-electron chi connectivity index (χ0n) is 15.9. The van der Waals surface area contributed by atoms with Gasteiger partial charge in [0.2, 0.25) is 5.88 Å². The number of thiazole rings is 1. The van der Waals surface area contributed by atoms with Crippen molar-refractivity contribution in [1.82, 2.24) is 24.8 Å². The monoisotopic (exact) mass is 468 g/mol. The number of ether oxygens (including phenoxy) is 1. The van der Waals surface area contributed by atoms with E-state index in [-0.39, 0.29) is 16.8 Å². The lowest BCUT2D eigenvalue weighted by atomic mass is 10.1. The van der Waals surface area contributed by atoms with Crippen molar-refractivity contribution in [3.05, 3.63) is 34.1 Å². The number of anilines is 1.